The number of esters is 1. The Balaban J connectivity index is 3.05. The van der Waals surface area contributed by atoms with Crippen LogP contribution in [0.2, 0.25) is 0 Å². The summed E-state index contributed by atoms with van der Waals surface area (Å²) in [4.78, 5) is 22.9. The zero-order valence-corrected chi connectivity index (χ0v) is 9.66. The van der Waals surface area contributed by atoms with Gasteiger partial charge in [-0.25, -0.2) is 9.18 Å². The Morgan fingerprint density at radius 3 is 2.53 bits per heavy atom. The molecule has 4 nitrogen and oxygen atoms in total. The van der Waals surface area contributed by atoms with Gasteiger partial charge >= 0.3 is 5.97 Å². The van der Waals surface area contributed by atoms with Crippen LogP contribution in [0, 0.1) is 5.82 Å². The second-order valence-electron chi connectivity index (χ2n) is 3.12. The fourth-order valence-corrected chi connectivity index (χ4v) is 1.27. The first-order valence-corrected chi connectivity index (χ1v) is 5.24. The number of benzene rings is 1. The fraction of sp³-hybridized carbons (Fsp3) is 0.333. The number of rotatable bonds is 5. The average molecular weight is 240 g/mol. The van der Waals surface area contributed by atoms with E-state index >= 15 is 0 Å². The Hall–Kier alpha value is -1.91. The van der Waals surface area contributed by atoms with Gasteiger partial charge in [-0.1, -0.05) is 0 Å². The van der Waals surface area contributed by atoms with E-state index in [-0.39, 0.29) is 17.9 Å². The van der Waals surface area contributed by atoms with E-state index in [9.17, 15) is 14.0 Å². The molecule has 0 radical (unpaired) electrons. The minimum Gasteiger partial charge on any atom is -0.493 e. The van der Waals surface area contributed by atoms with E-state index in [2.05, 4.69) is 4.74 Å². The number of halogens is 1. The quantitative estimate of drug-likeness (QED) is 0.448. The molecule has 0 saturated heterocycles. The fourth-order valence-electron chi connectivity index (χ4n) is 1.27. The molecule has 0 unspecified atom stereocenters. The first kappa shape index (κ1) is 13.2. The van der Waals surface area contributed by atoms with E-state index < -0.39 is 17.6 Å². The average Bonchev–Trinajstić information content (AvgIpc) is 2.31. The van der Waals surface area contributed by atoms with E-state index in [4.69, 9.17) is 4.74 Å². The first-order valence-electron chi connectivity index (χ1n) is 5.24. The Morgan fingerprint density at radius 2 is 1.94 bits per heavy atom. The van der Waals surface area contributed by atoms with Crippen LogP contribution in [0.4, 0.5) is 4.39 Å². The van der Waals surface area contributed by atoms with Gasteiger partial charge in [-0.3, -0.25) is 4.79 Å². The second kappa shape index (κ2) is 5.98. The zero-order chi connectivity index (χ0) is 12.8. The van der Waals surface area contributed by atoms with Crippen LogP contribution < -0.4 is 4.74 Å². The number of hydrogen-bond acceptors (Lipinski definition) is 4. The summed E-state index contributed by atoms with van der Waals surface area (Å²) in [6.45, 7) is 3.71. The zero-order valence-electron chi connectivity index (χ0n) is 9.66. The Kier molecular flexibility index (Phi) is 4.63. The molecule has 0 spiro atoms. The monoisotopic (exact) mass is 240 g/mol. The highest BCUT2D eigenvalue weighted by Crippen LogP contribution is 2.20. The van der Waals surface area contributed by atoms with Crippen LogP contribution >= 0.6 is 0 Å². The first-order chi connectivity index (χ1) is 8.10. The van der Waals surface area contributed by atoms with Gasteiger partial charge in [0.05, 0.1) is 18.8 Å². The van der Waals surface area contributed by atoms with Gasteiger partial charge in [-0.2, -0.15) is 0 Å². The smallest absolute Gasteiger partial charge is 0.379 e. The lowest BCUT2D eigenvalue weighted by Gasteiger charge is -2.08. The molecule has 0 amide bonds. The lowest BCUT2D eigenvalue weighted by Crippen LogP contribution is -2.18. The molecule has 1 aromatic rings. The molecule has 5 heteroatoms. The summed E-state index contributed by atoms with van der Waals surface area (Å²) in [7, 11) is 0. The van der Waals surface area contributed by atoms with Crippen molar-refractivity contribution in [3.05, 3.63) is 29.6 Å². The Labute approximate surface area is 98.3 Å². The van der Waals surface area contributed by atoms with Crippen molar-refractivity contribution in [2.24, 2.45) is 0 Å². The summed E-state index contributed by atoms with van der Waals surface area (Å²) < 4.78 is 22.7. The normalized spacial score (nSPS) is 9.82. The molecule has 92 valence electrons. The number of hydrogen-bond donors (Lipinski definition) is 0. The summed E-state index contributed by atoms with van der Waals surface area (Å²) in [5, 5.41) is 0. The summed E-state index contributed by atoms with van der Waals surface area (Å²) in [5.41, 5.74) is -0.120. The van der Waals surface area contributed by atoms with E-state index in [1.807, 2.05) is 0 Å². The van der Waals surface area contributed by atoms with Crippen molar-refractivity contribution in [2.45, 2.75) is 13.8 Å². The summed E-state index contributed by atoms with van der Waals surface area (Å²) in [6.07, 6.45) is 0. The molecule has 0 heterocycles. The van der Waals surface area contributed by atoms with E-state index in [1.165, 1.54) is 6.07 Å². The standard InChI is InChI=1S/C12H13FO4/c1-3-16-10-6-5-8(13)7-9(10)11(14)12(15)17-4-2/h5-7H,3-4H2,1-2H3. The largest absolute Gasteiger partial charge is 0.493 e. The summed E-state index contributed by atoms with van der Waals surface area (Å²) in [5.74, 6) is -2.36. The van der Waals surface area contributed by atoms with Crippen LogP contribution in [0.15, 0.2) is 18.2 Å². The number of carbonyl (C=O) groups is 2. The molecule has 0 aliphatic rings. The minimum atomic E-state index is -1.01. The van der Waals surface area contributed by atoms with E-state index in [0.717, 1.165) is 12.1 Å². The lowest BCUT2D eigenvalue weighted by atomic mass is 10.1. The molecule has 0 N–H and O–H groups in total. The minimum absolute atomic E-state index is 0.0872. The van der Waals surface area contributed by atoms with Crippen LogP contribution in [0.1, 0.15) is 24.2 Å². The van der Waals surface area contributed by atoms with Gasteiger partial charge in [0.1, 0.15) is 11.6 Å². The molecule has 1 aromatic carbocycles. The predicted octanol–water partition coefficient (Wildman–Crippen LogP) is 1.97. The summed E-state index contributed by atoms with van der Waals surface area (Å²) in [6, 6.07) is 3.43. The molecule has 17 heavy (non-hydrogen) atoms. The maximum atomic E-state index is 13.0. The van der Waals surface area contributed by atoms with E-state index in [1.54, 1.807) is 13.8 Å². The Morgan fingerprint density at radius 1 is 1.24 bits per heavy atom. The SMILES string of the molecule is CCOC(=O)C(=O)c1cc(F)ccc1OCC. The van der Waals surface area contributed by atoms with Crippen molar-refractivity contribution in [3.63, 3.8) is 0 Å². The van der Waals surface area contributed by atoms with Gasteiger partial charge in [-0.05, 0) is 32.0 Å². The van der Waals surface area contributed by atoms with Crippen LogP contribution in [0.3, 0.4) is 0 Å². The number of carbonyl (C=O) groups excluding carboxylic acids is 2. The van der Waals surface area contributed by atoms with Gasteiger partial charge in [0, 0.05) is 0 Å². The van der Waals surface area contributed by atoms with Gasteiger partial charge in [0.15, 0.2) is 0 Å². The molecule has 0 aromatic heterocycles. The van der Waals surface area contributed by atoms with Crippen molar-refractivity contribution in [3.8, 4) is 5.75 Å². The van der Waals surface area contributed by atoms with Crippen LogP contribution in [-0.2, 0) is 9.53 Å². The summed E-state index contributed by atoms with van der Waals surface area (Å²) >= 11 is 0. The highest BCUT2D eigenvalue weighted by atomic mass is 19.1. The third kappa shape index (κ3) is 3.27. The molecular weight excluding hydrogens is 227 g/mol. The molecule has 1 rings (SSSR count). The maximum Gasteiger partial charge on any atom is 0.379 e. The van der Waals surface area contributed by atoms with Crippen molar-refractivity contribution in [1.82, 2.24) is 0 Å². The van der Waals surface area contributed by atoms with E-state index in [0.29, 0.717) is 6.61 Å². The molecule has 0 aliphatic heterocycles. The van der Waals surface area contributed by atoms with Crippen LogP contribution in [-0.4, -0.2) is 25.0 Å². The van der Waals surface area contributed by atoms with Crippen molar-refractivity contribution in [2.75, 3.05) is 13.2 Å². The molecule has 0 aliphatic carbocycles. The predicted molar refractivity (Wildman–Crippen MR) is 58.5 cm³/mol. The highest BCUT2D eigenvalue weighted by molar-refractivity contribution is 6.41. The second-order valence-corrected chi connectivity index (χ2v) is 3.12. The molecule has 0 saturated carbocycles. The van der Waals surface area contributed by atoms with Crippen molar-refractivity contribution < 1.29 is 23.5 Å². The van der Waals surface area contributed by atoms with Gasteiger partial charge < -0.3 is 9.47 Å². The highest BCUT2D eigenvalue weighted by Gasteiger charge is 2.22. The van der Waals surface area contributed by atoms with Gasteiger partial charge in [0.2, 0.25) is 0 Å². The molecule has 0 atom stereocenters. The number of ketones is 1. The van der Waals surface area contributed by atoms with Gasteiger partial charge in [0.25, 0.3) is 5.78 Å². The molecular formula is C12H13FO4. The third-order valence-electron chi connectivity index (χ3n) is 1.95. The molecule has 0 fully saturated rings. The van der Waals surface area contributed by atoms with Crippen molar-refractivity contribution >= 4 is 11.8 Å². The number of ether oxygens (including phenoxy) is 2. The Bertz CT molecular complexity index is 429. The van der Waals surface area contributed by atoms with Crippen molar-refractivity contribution in [1.29, 1.82) is 0 Å². The topological polar surface area (TPSA) is 52.6 Å². The lowest BCUT2D eigenvalue weighted by molar-refractivity contribution is -0.137. The third-order valence-corrected chi connectivity index (χ3v) is 1.95. The maximum absolute atomic E-state index is 13.0. The molecule has 0 bridgehead atoms. The van der Waals surface area contributed by atoms with Gasteiger partial charge in [-0.15, -0.1) is 0 Å². The van der Waals surface area contributed by atoms with Crippen LogP contribution in [0.5, 0.6) is 5.75 Å². The number of Topliss-reactive ketones (excluding diaryl/α,β-unsaturated/α-hetero) is 1. The van der Waals surface area contributed by atoms with Crippen LogP contribution in [0.25, 0.3) is 0 Å².